The van der Waals surface area contributed by atoms with E-state index >= 15 is 0 Å². The van der Waals surface area contributed by atoms with E-state index in [0.29, 0.717) is 25.7 Å². The van der Waals surface area contributed by atoms with Crippen molar-refractivity contribution in [3.05, 3.63) is 0 Å². The topological polar surface area (TPSA) is 237 Å². The first kappa shape index (κ1) is 102. The van der Waals surface area contributed by atoms with E-state index in [2.05, 4.69) is 55.4 Å². The number of phosphoric acid groups is 2. The first-order chi connectivity index (χ1) is 50.1. The molecule has 0 saturated heterocycles. The van der Waals surface area contributed by atoms with Crippen molar-refractivity contribution in [2.75, 3.05) is 39.6 Å². The maximum absolute atomic E-state index is 13.1. The second-order valence-corrected chi connectivity index (χ2v) is 35.2. The fourth-order valence-electron chi connectivity index (χ4n) is 13.1. The molecule has 6 atom stereocenters. The number of ether oxygens (including phenoxy) is 4. The zero-order valence-electron chi connectivity index (χ0n) is 68.7. The third kappa shape index (κ3) is 76.8. The Labute approximate surface area is 638 Å². The Kier molecular flexibility index (Phi) is 72.5. The van der Waals surface area contributed by atoms with Gasteiger partial charge in [-0.25, -0.2) is 9.13 Å². The minimum Gasteiger partial charge on any atom is -0.462 e. The first-order valence-corrected chi connectivity index (χ1v) is 46.7. The quantitative estimate of drug-likeness (QED) is 0.0222. The van der Waals surface area contributed by atoms with Crippen molar-refractivity contribution in [2.45, 2.75) is 459 Å². The minimum absolute atomic E-state index is 0.107. The fraction of sp³-hybridized carbons (Fsp3) is 0.953. The summed E-state index contributed by atoms with van der Waals surface area (Å²) in [6, 6.07) is 0. The monoisotopic (exact) mass is 1520 g/mol. The molecule has 0 aromatic heterocycles. The highest BCUT2D eigenvalue weighted by Gasteiger charge is 2.30. The molecule has 0 aliphatic rings. The number of phosphoric ester groups is 2. The van der Waals surface area contributed by atoms with E-state index in [9.17, 15) is 43.2 Å². The van der Waals surface area contributed by atoms with Gasteiger partial charge in [0.1, 0.15) is 19.3 Å². The summed E-state index contributed by atoms with van der Waals surface area (Å²) < 4.78 is 68.9. The van der Waals surface area contributed by atoms with Gasteiger partial charge in [0.15, 0.2) is 12.2 Å². The number of hydrogen-bond acceptors (Lipinski definition) is 15. The molecule has 0 radical (unpaired) electrons. The van der Waals surface area contributed by atoms with Gasteiger partial charge < -0.3 is 33.8 Å². The van der Waals surface area contributed by atoms with E-state index in [4.69, 9.17) is 37.0 Å². The lowest BCUT2D eigenvalue weighted by atomic mass is 10.00. The standard InChI is InChI=1S/C85H166O17P2/c1-9-78(8)64-56-48-43-44-50-58-66-83(88)96-72-81(102-85(90)68-60-52-42-36-30-24-18-12-15-21-27-33-39-47-55-63-77(6)7)74-100-104(93,94)98-70-79(86)69-97-103(91,92)99-73-80(101-84(89)67-59-51-41-35-29-23-17-11-14-20-26-32-38-46-54-62-76(4)5)71-95-82(87)65-57-49-40-34-28-22-16-10-13-19-25-31-37-45-53-61-75(2)3/h75-81,86H,9-74H2,1-8H3,(H,91,92)(H,93,94)/t78?,79-,80-,81-/m1/s1. The smallest absolute Gasteiger partial charge is 0.462 e. The minimum atomic E-state index is -4.97. The number of rotatable bonds is 82. The van der Waals surface area contributed by atoms with Crippen LogP contribution in [0.15, 0.2) is 0 Å². The third-order valence-corrected chi connectivity index (χ3v) is 22.1. The Morgan fingerprint density at radius 1 is 0.269 bits per heavy atom. The highest BCUT2D eigenvalue weighted by molar-refractivity contribution is 7.47. The van der Waals surface area contributed by atoms with Crippen LogP contribution in [0, 0.1) is 23.7 Å². The van der Waals surface area contributed by atoms with E-state index in [0.717, 1.165) is 120 Å². The first-order valence-electron chi connectivity index (χ1n) is 43.7. The SMILES string of the molecule is CCC(C)CCCCCCCCC(=O)OC[C@H](COP(=O)(O)OC[C@H](O)COP(=O)(O)OC[C@@H](COC(=O)CCCCCCCCCCCCCCCCCC(C)C)OC(=O)CCCCCCCCCCCCCCCCCC(C)C)OC(=O)CCCCCCCCCCCCCCCCCC(C)C. The molecule has 3 unspecified atom stereocenters. The lowest BCUT2D eigenvalue weighted by molar-refractivity contribution is -0.161. The van der Waals surface area contributed by atoms with Crippen LogP contribution < -0.4 is 0 Å². The maximum Gasteiger partial charge on any atom is 0.472 e. The molecule has 0 aromatic rings. The number of carbonyl (C=O) groups is 4. The summed E-state index contributed by atoms with van der Waals surface area (Å²) in [7, 11) is -9.93. The van der Waals surface area contributed by atoms with Crippen LogP contribution >= 0.6 is 15.6 Å². The number of carbonyl (C=O) groups excluding carboxylic acids is 4. The molecule has 0 spiro atoms. The molecule has 0 amide bonds. The highest BCUT2D eigenvalue weighted by atomic mass is 31.2. The largest absolute Gasteiger partial charge is 0.472 e. The molecule has 3 N–H and O–H groups in total. The molecule has 0 aliphatic carbocycles. The van der Waals surface area contributed by atoms with Crippen LogP contribution in [0.5, 0.6) is 0 Å². The van der Waals surface area contributed by atoms with E-state index in [-0.39, 0.29) is 25.7 Å². The van der Waals surface area contributed by atoms with Crippen molar-refractivity contribution in [3.63, 3.8) is 0 Å². The second-order valence-electron chi connectivity index (χ2n) is 32.2. The molecule has 104 heavy (non-hydrogen) atoms. The summed E-state index contributed by atoms with van der Waals surface area (Å²) in [6.45, 7) is 14.3. The third-order valence-electron chi connectivity index (χ3n) is 20.2. The summed E-state index contributed by atoms with van der Waals surface area (Å²) in [5, 5.41) is 10.7. The zero-order chi connectivity index (χ0) is 76.7. The molecule has 0 heterocycles. The summed E-state index contributed by atoms with van der Waals surface area (Å²) >= 11 is 0. The summed E-state index contributed by atoms with van der Waals surface area (Å²) in [5.74, 6) is 1.03. The number of aliphatic hydroxyl groups excluding tert-OH is 1. The highest BCUT2D eigenvalue weighted by Crippen LogP contribution is 2.45. The number of aliphatic hydroxyl groups is 1. The van der Waals surface area contributed by atoms with Gasteiger partial charge in [-0.05, 0) is 49.4 Å². The average Bonchev–Trinajstić information content (AvgIpc) is 0.908. The van der Waals surface area contributed by atoms with E-state index in [1.807, 2.05) is 0 Å². The van der Waals surface area contributed by atoms with Gasteiger partial charge in [0, 0.05) is 25.7 Å². The summed E-state index contributed by atoms with van der Waals surface area (Å²) in [6.07, 6.45) is 62.5. The lowest BCUT2D eigenvalue weighted by Gasteiger charge is -2.21. The van der Waals surface area contributed by atoms with E-state index in [1.54, 1.807) is 0 Å². The molecule has 0 rings (SSSR count). The summed E-state index contributed by atoms with van der Waals surface area (Å²) in [4.78, 5) is 73.2. The fourth-order valence-corrected chi connectivity index (χ4v) is 14.7. The molecule has 0 fully saturated rings. The Balaban J connectivity index is 5.24. The van der Waals surface area contributed by atoms with Crippen LogP contribution in [0.2, 0.25) is 0 Å². The van der Waals surface area contributed by atoms with Crippen LogP contribution in [-0.4, -0.2) is 96.7 Å². The van der Waals surface area contributed by atoms with Crippen molar-refractivity contribution in [1.29, 1.82) is 0 Å². The van der Waals surface area contributed by atoms with E-state index < -0.39 is 97.5 Å². The molecule has 19 heteroatoms. The second kappa shape index (κ2) is 73.8. The van der Waals surface area contributed by atoms with Crippen LogP contribution in [0.25, 0.3) is 0 Å². The van der Waals surface area contributed by atoms with Crippen molar-refractivity contribution >= 4 is 39.5 Å². The zero-order valence-corrected chi connectivity index (χ0v) is 70.5. The molecule has 0 aromatic carbocycles. The van der Waals surface area contributed by atoms with Crippen molar-refractivity contribution < 1.29 is 80.2 Å². The Bertz CT molecular complexity index is 2030. The molecular weight excluding hydrogens is 1350 g/mol. The Morgan fingerprint density at radius 3 is 0.683 bits per heavy atom. The lowest BCUT2D eigenvalue weighted by Crippen LogP contribution is -2.30. The summed E-state index contributed by atoms with van der Waals surface area (Å²) in [5.41, 5.74) is 0. The molecular formula is C85H166O17P2. The average molecular weight is 1520 g/mol. The van der Waals surface area contributed by atoms with Crippen molar-refractivity contribution in [1.82, 2.24) is 0 Å². The maximum atomic E-state index is 13.1. The normalized spacial score (nSPS) is 14.2. The van der Waals surface area contributed by atoms with E-state index in [1.165, 1.54) is 238 Å². The number of hydrogen-bond donors (Lipinski definition) is 3. The Hall–Kier alpha value is -1.94. The van der Waals surface area contributed by atoms with Gasteiger partial charge in [0.05, 0.1) is 26.4 Å². The molecule has 618 valence electrons. The number of esters is 4. The molecule has 0 saturated carbocycles. The molecule has 17 nitrogen and oxygen atoms in total. The predicted octanol–water partition coefficient (Wildman–Crippen LogP) is 25.6. The molecule has 0 bridgehead atoms. The van der Waals surface area contributed by atoms with Crippen LogP contribution in [0.4, 0.5) is 0 Å². The van der Waals surface area contributed by atoms with Gasteiger partial charge in [-0.2, -0.15) is 0 Å². The van der Waals surface area contributed by atoms with Crippen LogP contribution in [0.1, 0.15) is 441 Å². The molecule has 0 aliphatic heterocycles. The Morgan fingerprint density at radius 2 is 0.462 bits per heavy atom. The van der Waals surface area contributed by atoms with Gasteiger partial charge in [0.25, 0.3) is 0 Å². The van der Waals surface area contributed by atoms with Gasteiger partial charge in [-0.1, -0.05) is 389 Å². The van der Waals surface area contributed by atoms with Gasteiger partial charge in [-0.3, -0.25) is 37.3 Å². The van der Waals surface area contributed by atoms with Gasteiger partial charge in [0.2, 0.25) is 0 Å². The van der Waals surface area contributed by atoms with Crippen molar-refractivity contribution in [2.24, 2.45) is 23.7 Å². The van der Waals surface area contributed by atoms with Gasteiger partial charge >= 0.3 is 39.5 Å². The number of unbranched alkanes of at least 4 members (excludes halogenated alkanes) is 47. The van der Waals surface area contributed by atoms with Crippen molar-refractivity contribution in [3.8, 4) is 0 Å². The van der Waals surface area contributed by atoms with Gasteiger partial charge in [-0.15, -0.1) is 0 Å². The van der Waals surface area contributed by atoms with Crippen LogP contribution in [0.3, 0.4) is 0 Å². The van der Waals surface area contributed by atoms with Crippen LogP contribution in [-0.2, 0) is 65.4 Å². The predicted molar refractivity (Wildman–Crippen MR) is 428 cm³/mol.